The van der Waals surface area contributed by atoms with E-state index in [0.29, 0.717) is 12.4 Å². The van der Waals surface area contributed by atoms with Crippen LogP contribution in [0, 0.1) is 0 Å². The Morgan fingerprint density at radius 2 is 1.81 bits per heavy atom. The molecule has 2 aliphatic rings. The molecule has 2 fully saturated rings. The molecule has 1 saturated heterocycles. The summed E-state index contributed by atoms with van der Waals surface area (Å²) in [5.74, 6) is -0.304. The first-order chi connectivity index (χ1) is 15.2. The van der Waals surface area contributed by atoms with E-state index < -0.39 is 5.97 Å². The summed E-state index contributed by atoms with van der Waals surface area (Å²) >= 11 is 0. The van der Waals surface area contributed by atoms with Gasteiger partial charge in [0, 0.05) is 32.2 Å². The van der Waals surface area contributed by atoms with Crippen LogP contribution < -0.4 is 5.32 Å². The van der Waals surface area contributed by atoms with Gasteiger partial charge < -0.3 is 10.1 Å². The molecule has 0 atom stereocenters. The number of hydrogen-bond donors (Lipinski definition) is 1. The minimum Gasteiger partial charge on any atom is -0.462 e. The van der Waals surface area contributed by atoms with Crippen molar-refractivity contribution in [2.45, 2.75) is 38.6 Å². The highest BCUT2D eigenvalue weighted by Crippen LogP contribution is 2.24. The van der Waals surface area contributed by atoms with Crippen molar-refractivity contribution in [1.29, 1.82) is 0 Å². The van der Waals surface area contributed by atoms with Crippen molar-refractivity contribution in [1.82, 2.24) is 19.6 Å². The van der Waals surface area contributed by atoms with E-state index in [1.807, 2.05) is 30.3 Å². The first-order valence-electron chi connectivity index (χ1n) is 11.2. The monoisotopic (exact) mass is 425 g/mol. The van der Waals surface area contributed by atoms with Gasteiger partial charge in [0.15, 0.2) is 5.82 Å². The number of hydrogen-bond acceptors (Lipinski definition) is 6. The Balaban J connectivity index is 1.42. The molecule has 1 N–H and O–H groups in total. The van der Waals surface area contributed by atoms with Crippen LogP contribution >= 0.6 is 0 Å². The number of benzene rings is 1. The largest absolute Gasteiger partial charge is 0.462 e. The Kier molecular flexibility index (Phi) is 6.99. The molecular weight excluding hydrogens is 394 g/mol. The summed E-state index contributed by atoms with van der Waals surface area (Å²) in [6.45, 7) is 6.08. The number of piperazine rings is 1. The zero-order valence-electron chi connectivity index (χ0n) is 18.1. The Morgan fingerprint density at radius 1 is 1.10 bits per heavy atom. The van der Waals surface area contributed by atoms with Gasteiger partial charge in [0.2, 0.25) is 5.91 Å². The normalized spacial score (nSPS) is 18.2. The number of anilines is 1. The van der Waals surface area contributed by atoms with E-state index in [1.165, 1.54) is 31.9 Å². The lowest BCUT2D eigenvalue weighted by Gasteiger charge is -2.37. The van der Waals surface area contributed by atoms with E-state index in [0.717, 1.165) is 37.9 Å². The van der Waals surface area contributed by atoms with Crippen LogP contribution in [0.3, 0.4) is 0 Å². The molecule has 2 aromatic rings. The van der Waals surface area contributed by atoms with E-state index in [2.05, 4.69) is 20.2 Å². The third-order valence-corrected chi connectivity index (χ3v) is 6.14. The number of amides is 1. The summed E-state index contributed by atoms with van der Waals surface area (Å²) in [5.41, 5.74) is 1.02. The third kappa shape index (κ3) is 5.14. The number of rotatable bonds is 7. The number of nitrogens with one attached hydrogen (secondary N) is 1. The SMILES string of the molecule is CCOC(=O)c1cnn(-c2ccccc2)c1NC(=O)CN1CCN(C2CCCC2)CC1. The number of carbonyl (C=O) groups is 2. The standard InChI is InChI=1S/C23H31N5O3/c1-2-31-23(30)20-16-24-28(19-10-4-3-5-11-19)22(20)25-21(29)17-26-12-14-27(15-13-26)18-8-6-7-9-18/h3-5,10-11,16,18H,2,6-9,12-15,17H2,1H3,(H,25,29). The quantitative estimate of drug-likeness (QED) is 0.687. The maximum absolute atomic E-state index is 12.9. The maximum Gasteiger partial charge on any atom is 0.343 e. The molecular formula is C23H31N5O3. The second kappa shape index (κ2) is 10.1. The average Bonchev–Trinajstić information content (AvgIpc) is 3.45. The molecule has 2 heterocycles. The number of carbonyl (C=O) groups excluding carboxylic acids is 2. The van der Waals surface area contributed by atoms with Crippen molar-refractivity contribution in [3.05, 3.63) is 42.1 Å². The van der Waals surface area contributed by atoms with Crippen molar-refractivity contribution < 1.29 is 14.3 Å². The Labute approximate surface area is 183 Å². The highest BCUT2D eigenvalue weighted by molar-refractivity contribution is 6.01. The lowest BCUT2D eigenvalue weighted by molar-refractivity contribution is -0.117. The fourth-order valence-electron chi connectivity index (χ4n) is 4.52. The molecule has 166 valence electrons. The van der Waals surface area contributed by atoms with Crippen LogP contribution in [0.5, 0.6) is 0 Å². The smallest absolute Gasteiger partial charge is 0.343 e. The number of ether oxygens (including phenoxy) is 1. The third-order valence-electron chi connectivity index (χ3n) is 6.14. The van der Waals surface area contributed by atoms with Crippen molar-refractivity contribution in [3.8, 4) is 5.69 Å². The van der Waals surface area contributed by atoms with Crippen molar-refractivity contribution >= 4 is 17.7 Å². The Morgan fingerprint density at radius 3 is 2.48 bits per heavy atom. The van der Waals surface area contributed by atoms with Gasteiger partial charge in [0.25, 0.3) is 0 Å². The maximum atomic E-state index is 12.9. The van der Waals surface area contributed by atoms with Crippen LogP contribution in [0.25, 0.3) is 5.69 Å². The van der Waals surface area contributed by atoms with E-state index in [9.17, 15) is 9.59 Å². The fourth-order valence-corrected chi connectivity index (χ4v) is 4.52. The van der Waals surface area contributed by atoms with Gasteiger partial charge >= 0.3 is 5.97 Å². The molecule has 0 spiro atoms. The Hall–Kier alpha value is -2.71. The van der Waals surface area contributed by atoms with Gasteiger partial charge in [-0.3, -0.25) is 14.6 Å². The number of nitrogens with zero attached hydrogens (tertiary/aromatic N) is 4. The predicted octanol–water partition coefficient (Wildman–Crippen LogP) is 2.55. The molecule has 1 aliphatic carbocycles. The fraction of sp³-hybridized carbons (Fsp3) is 0.522. The Bertz CT molecular complexity index is 884. The second-order valence-corrected chi connectivity index (χ2v) is 8.17. The lowest BCUT2D eigenvalue weighted by Crippen LogP contribution is -2.51. The van der Waals surface area contributed by atoms with Gasteiger partial charge in [-0.2, -0.15) is 5.10 Å². The summed E-state index contributed by atoms with van der Waals surface area (Å²) < 4.78 is 6.72. The summed E-state index contributed by atoms with van der Waals surface area (Å²) in [5, 5.41) is 7.24. The van der Waals surface area contributed by atoms with E-state index in [4.69, 9.17) is 4.74 Å². The molecule has 1 amide bonds. The van der Waals surface area contributed by atoms with Crippen LogP contribution in [0.15, 0.2) is 36.5 Å². The van der Waals surface area contributed by atoms with E-state index in [-0.39, 0.29) is 18.1 Å². The zero-order chi connectivity index (χ0) is 21.6. The lowest BCUT2D eigenvalue weighted by atomic mass is 10.2. The van der Waals surface area contributed by atoms with Crippen molar-refractivity contribution in [2.75, 3.05) is 44.6 Å². The number of para-hydroxylation sites is 1. The molecule has 0 unspecified atom stereocenters. The van der Waals surface area contributed by atoms with Gasteiger partial charge in [-0.15, -0.1) is 0 Å². The number of aromatic nitrogens is 2. The van der Waals surface area contributed by atoms with Crippen molar-refractivity contribution in [3.63, 3.8) is 0 Å². The topological polar surface area (TPSA) is 79.7 Å². The zero-order valence-corrected chi connectivity index (χ0v) is 18.1. The summed E-state index contributed by atoms with van der Waals surface area (Å²) in [7, 11) is 0. The first kappa shape index (κ1) is 21.5. The van der Waals surface area contributed by atoms with Gasteiger partial charge in [0.1, 0.15) is 5.56 Å². The van der Waals surface area contributed by atoms with Crippen LogP contribution in [0.1, 0.15) is 43.0 Å². The highest BCUT2D eigenvalue weighted by atomic mass is 16.5. The van der Waals surface area contributed by atoms with Crippen LogP contribution in [-0.2, 0) is 9.53 Å². The summed E-state index contributed by atoms with van der Waals surface area (Å²) in [6.07, 6.45) is 6.73. The molecule has 0 radical (unpaired) electrons. The first-order valence-corrected chi connectivity index (χ1v) is 11.2. The minimum absolute atomic E-state index is 0.155. The van der Waals surface area contributed by atoms with Crippen molar-refractivity contribution in [2.24, 2.45) is 0 Å². The average molecular weight is 426 g/mol. The molecule has 8 nitrogen and oxygen atoms in total. The molecule has 31 heavy (non-hydrogen) atoms. The van der Waals surface area contributed by atoms with Gasteiger partial charge in [0.05, 0.1) is 25.0 Å². The van der Waals surface area contributed by atoms with E-state index in [1.54, 1.807) is 11.6 Å². The predicted molar refractivity (Wildman–Crippen MR) is 118 cm³/mol. The molecule has 1 saturated carbocycles. The van der Waals surface area contributed by atoms with Gasteiger partial charge in [-0.05, 0) is 31.9 Å². The molecule has 1 aliphatic heterocycles. The van der Waals surface area contributed by atoms with E-state index >= 15 is 0 Å². The van der Waals surface area contributed by atoms with Crippen LogP contribution in [-0.4, -0.2) is 76.8 Å². The molecule has 0 bridgehead atoms. The molecule has 4 rings (SSSR count). The minimum atomic E-state index is -0.495. The summed E-state index contributed by atoms with van der Waals surface area (Å²) in [4.78, 5) is 30.0. The van der Waals surface area contributed by atoms with Crippen LogP contribution in [0.4, 0.5) is 5.82 Å². The number of esters is 1. The van der Waals surface area contributed by atoms with Gasteiger partial charge in [-0.25, -0.2) is 9.48 Å². The molecule has 1 aromatic carbocycles. The summed E-state index contributed by atoms with van der Waals surface area (Å²) in [6, 6.07) is 10.2. The highest BCUT2D eigenvalue weighted by Gasteiger charge is 2.27. The van der Waals surface area contributed by atoms with Crippen LogP contribution in [0.2, 0.25) is 0 Å². The molecule has 8 heteroatoms. The van der Waals surface area contributed by atoms with Gasteiger partial charge in [-0.1, -0.05) is 31.0 Å². The second-order valence-electron chi connectivity index (χ2n) is 8.17. The molecule has 1 aromatic heterocycles.